The number of nitrogens with zero attached hydrogens (tertiary/aromatic N) is 5. The smallest absolute Gasteiger partial charge is 0.382 e. The van der Waals surface area contributed by atoms with Crippen LogP contribution in [0.1, 0.15) is 31.9 Å². The molecule has 0 saturated carbocycles. The zero-order chi connectivity index (χ0) is 25.7. The molecule has 1 aliphatic rings. The van der Waals surface area contributed by atoms with E-state index in [4.69, 9.17) is 10.5 Å². The summed E-state index contributed by atoms with van der Waals surface area (Å²) in [6.07, 6.45) is -3.59. The van der Waals surface area contributed by atoms with Gasteiger partial charge in [0.15, 0.2) is 5.82 Å². The van der Waals surface area contributed by atoms with E-state index in [0.717, 1.165) is 16.9 Å². The third-order valence-corrected chi connectivity index (χ3v) is 6.23. The zero-order valence-corrected chi connectivity index (χ0v) is 19.7. The number of piperazine rings is 1. The molecule has 1 aromatic carbocycles. The number of hydrogen-bond donors (Lipinski definition) is 1. The minimum absolute atomic E-state index is 0.140. The number of rotatable bonds is 4. The number of hydrogen-bond acceptors (Lipinski definition) is 6. The van der Waals surface area contributed by atoms with E-state index in [1.807, 2.05) is 0 Å². The number of carbonyl (C=O) groups is 2. The van der Waals surface area contributed by atoms with Crippen LogP contribution in [0.5, 0.6) is 0 Å². The van der Waals surface area contributed by atoms with Crippen LogP contribution in [-0.2, 0) is 27.1 Å². The van der Waals surface area contributed by atoms with Crippen molar-refractivity contribution in [2.75, 3.05) is 30.8 Å². The van der Waals surface area contributed by atoms with Crippen LogP contribution in [0.15, 0.2) is 30.6 Å². The Bertz CT molecular complexity index is 1320. The maximum absolute atomic E-state index is 13.8. The van der Waals surface area contributed by atoms with Crippen LogP contribution < -0.4 is 10.6 Å². The maximum Gasteiger partial charge on any atom is 0.418 e. The van der Waals surface area contributed by atoms with E-state index in [1.54, 1.807) is 36.9 Å². The molecule has 9 nitrogen and oxygen atoms in total. The molecule has 3 aromatic rings. The summed E-state index contributed by atoms with van der Waals surface area (Å²) in [6, 6.07) is 5.93. The van der Waals surface area contributed by atoms with E-state index in [0.29, 0.717) is 23.4 Å². The predicted molar refractivity (Wildman–Crippen MR) is 122 cm³/mol. The second-order valence-electron chi connectivity index (χ2n) is 8.81. The molecule has 12 heteroatoms. The second kappa shape index (κ2) is 8.52. The van der Waals surface area contributed by atoms with Gasteiger partial charge in [0.25, 0.3) is 5.91 Å². The van der Waals surface area contributed by atoms with Crippen molar-refractivity contribution in [1.29, 1.82) is 0 Å². The molecular formula is C23H25F3N6O3. The molecular weight excluding hydrogens is 465 g/mol. The van der Waals surface area contributed by atoms with Gasteiger partial charge in [0.05, 0.1) is 17.9 Å². The lowest BCUT2D eigenvalue weighted by Crippen LogP contribution is -2.64. The predicted octanol–water partition coefficient (Wildman–Crippen LogP) is 3.12. The summed E-state index contributed by atoms with van der Waals surface area (Å²) in [5, 5.41) is 4.00. The van der Waals surface area contributed by atoms with Crippen molar-refractivity contribution >= 4 is 28.8 Å². The Morgan fingerprint density at radius 2 is 1.94 bits per heavy atom. The number of aromatic nitrogens is 3. The monoisotopic (exact) mass is 490 g/mol. The van der Waals surface area contributed by atoms with E-state index in [9.17, 15) is 22.8 Å². The van der Waals surface area contributed by atoms with Gasteiger partial charge in [-0.3, -0.25) is 9.59 Å². The first-order valence-corrected chi connectivity index (χ1v) is 10.8. The highest BCUT2D eigenvalue weighted by atomic mass is 19.4. The molecule has 3 heterocycles. The van der Waals surface area contributed by atoms with Crippen molar-refractivity contribution in [3.63, 3.8) is 0 Å². The number of nitrogen functional groups attached to an aromatic ring is 1. The van der Waals surface area contributed by atoms with Crippen molar-refractivity contribution < 1.29 is 27.5 Å². The minimum atomic E-state index is -4.68. The van der Waals surface area contributed by atoms with Crippen molar-refractivity contribution in [2.24, 2.45) is 0 Å². The van der Waals surface area contributed by atoms with E-state index < -0.39 is 17.3 Å². The van der Waals surface area contributed by atoms with Gasteiger partial charge in [-0.15, -0.1) is 0 Å². The van der Waals surface area contributed by atoms with Crippen molar-refractivity contribution in [3.05, 3.63) is 41.7 Å². The lowest BCUT2D eigenvalue weighted by Gasteiger charge is -2.46. The van der Waals surface area contributed by atoms with Crippen LogP contribution in [0.4, 0.5) is 24.7 Å². The summed E-state index contributed by atoms with van der Waals surface area (Å²) in [7, 11) is 1.51. The van der Waals surface area contributed by atoms with Gasteiger partial charge in [-0.1, -0.05) is 12.1 Å². The number of carbonyl (C=O) groups excluding carboxylic acids is 2. The van der Waals surface area contributed by atoms with Gasteiger partial charge in [0, 0.05) is 43.9 Å². The standard InChI is InChI=1S/C23H25F3N6O3/c1-13(33)31-8-7-30(21(34)22(31,2)3)17-9-14(5-6-15(17)11-35-4)18-10-16(23(24,25)26)19-20(27)28-12-29-32(18)19/h5-6,9-10,12H,7-8,11H2,1-4H3,(H2,27,28,29). The van der Waals surface area contributed by atoms with Gasteiger partial charge >= 0.3 is 6.18 Å². The van der Waals surface area contributed by atoms with Crippen LogP contribution in [0.25, 0.3) is 16.8 Å². The molecule has 4 rings (SSSR count). The van der Waals surface area contributed by atoms with Gasteiger partial charge in [0.1, 0.15) is 17.4 Å². The van der Waals surface area contributed by atoms with Crippen molar-refractivity contribution in [3.8, 4) is 11.3 Å². The lowest BCUT2D eigenvalue weighted by atomic mass is 9.95. The maximum atomic E-state index is 13.8. The number of ether oxygens (including phenoxy) is 1. The Morgan fingerprint density at radius 3 is 2.57 bits per heavy atom. The molecule has 0 spiro atoms. The molecule has 2 N–H and O–H groups in total. The molecule has 1 fully saturated rings. The number of alkyl halides is 3. The molecule has 2 amide bonds. The Morgan fingerprint density at radius 1 is 1.23 bits per heavy atom. The normalized spacial score (nSPS) is 16.3. The Labute approximate surface area is 199 Å². The average molecular weight is 490 g/mol. The highest BCUT2D eigenvalue weighted by Crippen LogP contribution is 2.40. The fourth-order valence-corrected chi connectivity index (χ4v) is 4.55. The molecule has 0 aliphatic carbocycles. The van der Waals surface area contributed by atoms with Crippen molar-refractivity contribution in [2.45, 2.75) is 39.1 Å². The summed E-state index contributed by atoms with van der Waals surface area (Å²) < 4.78 is 47.7. The van der Waals surface area contributed by atoms with E-state index in [-0.39, 0.29) is 42.0 Å². The van der Waals surface area contributed by atoms with Crippen LogP contribution in [0, 0.1) is 0 Å². The van der Waals surface area contributed by atoms with Gasteiger partial charge in [-0.2, -0.15) is 18.3 Å². The highest BCUT2D eigenvalue weighted by Gasteiger charge is 2.44. The Hall–Kier alpha value is -3.67. The van der Waals surface area contributed by atoms with Crippen LogP contribution >= 0.6 is 0 Å². The van der Waals surface area contributed by atoms with E-state index >= 15 is 0 Å². The van der Waals surface area contributed by atoms with Gasteiger partial charge in [-0.05, 0) is 26.0 Å². The number of anilines is 2. The SMILES string of the molecule is COCc1ccc(-c2cc(C(F)(F)F)c3c(N)ncnn23)cc1N1CCN(C(C)=O)C(C)(C)C1=O. The first-order valence-electron chi connectivity index (χ1n) is 10.8. The van der Waals surface area contributed by atoms with Crippen LogP contribution in [-0.4, -0.2) is 57.1 Å². The van der Waals surface area contributed by atoms with Gasteiger partial charge in [-0.25, -0.2) is 9.50 Å². The second-order valence-corrected chi connectivity index (χ2v) is 8.81. The molecule has 0 radical (unpaired) electrons. The first-order chi connectivity index (χ1) is 16.4. The quantitative estimate of drug-likeness (QED) is 0.603. The molecule has 0 atom stereocenters. The van der Waals surface area contributed by atoms with Crippen LogP contribution in [0.3, 0.4) is 0 Å². The average Bonchev–Trinajstić information content (AvgIpc) is 3.18. The third-order valence-electron chi connectivity index (χ3n) is 6.23. The number of fused-ring (bicyclic) bond motifs is 1. The summed E-state index contributed by atoms with van der Waals surface area (Å²) in [5.41, 5.74) is 5.05. The minimum Gasteiger partial charge on any atom is -0.382 e. The number of nitrogens with two attached hydrogens (primary N) is 1. The number of amides is 2. The number of benzene rings is 1. The van der Waals surface area contributed by atoms with Gasteiger partial charge in [0.2, 0.25) is 5.91 Å². The fraction of sp³-hybridized carbons (Fsp3) is 0.391. The topological polar surface area (TPSA) is 106 Å². The number of halogens is 3. The Kier molecular flexibility index (Phi) is 5.95. The molecule has 0 bridgehead atoms. The summed E-state index contributed by atoms with van der Waals surface area (Å²) >= 11 is 0. The molecule has 186 valence electrons. The molecule has 0 unspecified atom stereocenters. The number of methoxy groups -OCH3 is 1. The largest absolute Gasteiger partial charge is 0.418 e. The fourth-order valence-electron chi connectivity index (χ4n) is 4.55. The van der Waals surface area contributed by atoms with E-state index in [1.165, 1.54) is 18.9 Å². The van der Waals surface area contributed by atoms with E-state index in [2.05, 4.69) is 10.1 Å². The first kappa shape index (κ1) is 24.5. The summed E-state index contributed by atoms with van der Waals surface area (Å²) in [4.78, 5) is 32.3. The van der Waals surface area contributed by atoms with Crippen molar-refractivity contribution in [1.82, 2.24) is 19.5 Å². The molecule has 2 aromatic heterocycles. The summed E-state index contributed by atoms with van der Waals surface area (Å²) in [6.45, 7) is 5.44. The highest BCUT2D eigenvalue weighted by molar-refractivity contribution is 6.03. The Balaban J connectivity index is 1.88. The van der Waals surface area contributed by atoms with Gasteiger partial charge < -0.3 is 20.3 Å². The molecule has 35 heavy (non-hydrogen) atoms. The van der Waals surface area contributed by atoms with Crippen LogP contribution in [0.2, 0.25) is 0 Å². The molecule has 1 aliphatic heterocycles. The zero-order valence-electron chi connectivity index (χ0n) is 19.7. The third kappa shape index (κ3) is 4.07. The molecule has 1 saturated heterocycles. The lowest BCUT2D eigenvalue weighted by molar-refractivity contribution is -0.145. The summed E-state index contributed by atoms with van der Waals surface area (Å²) in [5.74, 6) is -0.825.